The molecule has 0 heterocycles. The molecule has 4 aliphatic rings. The van der Waals surface area contributed by atoms with Gasteiger partial charge in [-0.3, -0.25) is 4.79 Å². The maximum absolute atomic E-state index is 12.7. The third-order valence-corrected chi connectivity index (χ3v) is 5.65. The Labute approximate surface area is 117 Å². The molecule has 0 aromatic carbocycles. The molecule has 0 aliphatic heterocycles. The molecule has 0 unspecified atom stereocenters. The Bertz CT molecular complexity index is 315. The normalized spacial score (nSPS) is 40.1. The molecule has 0 aromatic heterocycles. The van der Waals surface area contributed by atoms with Gasteiger partial charge >= 0.3 is 0 Å². The van der Waals surface area contributed by atoms with Crippen LogP contribution in [0.2, 0.25) is 0 Å². The van der Waals surface area contributed by atoms with Crippen molar-refractivity contribution in [3.05, 3.63) is 0 Å². The van der Waals surface area contributed by atoms with Crippen LogP contribution in [0.5, 0.6) is 0 Å². The zero-order chi connectivity index (χ0) is 13.5. The Balaban J connectivity index is 1.54. The first-order valence-corrected chi connectivity index (χ1v) is 7.96. The lowest BCUT2D eigenvalue weighted by molar-refractivity contribution is -0.142. The van der Waals surface area contributed by atoms with Crippen molar-refractivity contribution < 1.29 is 4.79 Å². The average molecular weight is 264 g/mol. The van der Waals surface area contributed by atoms with E-state index in [-0.39, 0.29) is 5.41 Å². The van der Waals surface area contributed by atoms with Gasteiger partial charge in [0.2, 0.25) is 0 Å². The van der Waals surface area contributed by atoms with Crippen molar-refractivity contribution in [2.45, 2.75) is 38.5 Å². The van der Waals surface area contributed by atoms with Crippen LogP contribution in [0.15, 0.2) is 0 Å². The van der Waals surface area contributed by atoms with Gasteiger partial charge in [0.05, 0.1) is 6.54 Å². The molecule has 4 fully saturated rings. The van der Waals surface area contributed by atoms with Crippen molar-refractivity contribution in [3.63, 3.8) is 0 Å². The van der Waals surface area contributed by atoms with E-state index < -0.39 is 0 Å². The molecule has 108 valence electrons. The van der Waals surface area contributed by atoms with E-state index >= 15 is 0 Å². The average Bonchev–Trinajstić information content (AvgIpc) is 2.32. The summed E-state index contributed by atoms with van der Waals surface area (Å²) in [6.07, 6.45) is 7.86. The fourth-order valence-corrected chi connectivity index (χ4v) is 5.14. The highest BCUT2D eigenvalue weighted by Crippen LogP contribution is 2.60. The third-order valence-electron chi connectivity index (χ3n) is 5.65. The van der Waals surface area contributed by atoms with E-state index in [1.807, 2.05) is 0 Å². The SMILES string of the molecule is CN(C)CCNCC(=O)C12CC3CC(CC(C3)C1)C2. The van der Waals surface area contributed by atoms with Crippen LogP contribution >= 0.6 is 0 Å². The summed E-state index contributed by atoms with van der Waals surface area (Å²) in [5.74, 6) is 3.14. The van der Waals surface area contributed by atoms with Crippen molar-refractivity contribution in [3.8, 4) is 0 Å². The fourth-order valence-electron chi connectivity index (χ4n) is 5.14. The molecule has 4 aliphatic carbocycles. The minimum Gasteiger partial charge on any atom is -0.309 e. The molecule has 4 saturated carbocycles. The number of nitrogens with one attached hydrogen (secondary N) is 1. The van der Waals surface area contributed by atoms with E-state index in [1.54, 1.807) is 0 Å². The van der Waals surface area contributed by atoms with Crippen LogP contribution < -0.4 is 5.32 Å². The van der Waals surface area contributed by atoms with Crippen molar-refractivity contribution >= 4 is 5.78 Å². The van der Waals surface area contributed by atoms with Crippen molar-refractivity contribution in [1.82, 2.24) is 10.2 Å². The monoisotopic (exact) mass is 264 g/mol. The van der Waals surface area contributed by atoms with Crippen molar-refractivity contribution in [2.24, 2.45) is 23.2 Å². The lowest BCUT2D eigenvalue weighted by atomic mass is 9.48. The van der Waals surface area contributed by atoms with Crippen LogP contribution in [0.3, 0.4) is 0 Å². The molecule has 0 spiro atoms. The molecule has 19 heavy (non-hydrogen) atoms. The van der Waals surface area contributed by atoms with Gasteiger partial charge in [0.25, 0.3) is 0 Å². The molecular formula is C16H28N2O. The van der Waals surface area contributed by atoms with Gasteiger partial charge < -0.3 is 10.2 Å². The molecule has 3 heteroatoms. The van der Waals surface area contributed by atoms with E-state index in [4.69, 9.17) is 0 Å². The molecule has 3 nitrogen and oxygen atoms in total. The third kappa shape index (κ3) is 2.73. The fraction of sp³-hybridized carbons (Fsp3) is 0.938. The highest BCUT2D eigenvalue weighted by molar-refractivity contribution is 5.87. The van der Waals surface area contributed by atoms with E-state index in [0.29, 0.717) is 12.3 Å². The van der Waals surface area contributed by atoms with Crippen LogP contribution in [0.4, 0.5) is 0 Å². The number of carbonyl (C=O) groups excluding carboxylic acids is 1. The standard InChI is InChI=1S/C16H28N2O/c1-18(2)4-3-17-11-15(19)16-8-12-5-13(9-16)7-14(6-12)10-16/h12-14,17H,3-11H2,1-2H3. The predicted octanol–water partition coefficient (Wildman–Crippen LogP) is 1.92. The zero-order valence-corrected chi connectivity index (χ0v) is 12.5. The van der Waals surface area contributed by atoms with Gasteiger partial charge in [-0.05, 0) is 70.4 Å². The second kappa shape index (κ2) is 5.17. The Morgan fingerprint density at radius 1 is 1.11 bits per heavy atom. The summed E-state index contributed by atoms with van der Waals surface area (Å²) < 4.78 is 0. The lowest BCUT2D eigenvalue weighted by Crippen LogP contribution is -2.52. The van der Waals surface area contributed by atoms with Gasteiger partial charge in [0.1, 0.15) is 0 Å². The van der Waals surface area contributed by atoms with Gasteiger partial charge in [-0.2, -0.15) is 0 Å². The Morgan fingerprint density at radius 2 is 1.63 bits per heavy atom. The second-order valence-corrected chi connectivity index (χ2v) is 7.60. The zero-order valence-electron chi connectivity index (χ0n) is 12.5. The summed E-state index contributed by atoms with van der Waals surface area (Å²) in [4.78, 5) is 14.8. The predicted molar refractivity (Wildman–Crippen MR) is 77.0 cm³/mol. The maximum Gasteiger partial charge on any atom is 0.152 e. The number of Topliss-reactive ketones (excluding diaryl/α,β-unsaturated/α-hetero) is 1. The summed E-state index contributed by atoms with van der Waals surface area (Å²) in [5.41, 5.74) is 0.0832. The van der Waals surface area contributed by atoms with E-state index in [2.05, 4.69) is 24.3 Å². The Kier molecular flexibility index (Phi) is 3.69. The first-order chi connectivity index (χ1) is 9.07. The molecule has 0 amide bonds. The molecule has 4 bridgehead atoms. The summed E-state index contributed by atoms with van der Waals surface area (Å²) in [6, 6.07) is 0. The van der Waals surface area contributed by atoms with Gasteiger partial charge in [0, 0.05) is 18.5 Å². The summed E-state index contributed by atoms with van der Waals surface area (Å²) in [6.45, 7) is 2.53. The summed E-state index contributed by atoms with van der Waals surface area (Å²) in [5, 5.41) is 3.35. The first kappa shape index (κ1) is 13.6. The van der Waals surface area contributed by atoms with Crippen LogP contribution in [0.25, 0.3) is 0 Å². The van der Waals surface area contributed by atoms with Crippen LogP contribution in [-0.2, 0) is 4.79 Å². The number of hydrogen-bond donors (Lipinski definition) is 1. The number of hydrogen-bond acceptors (Lipinski definition) is 3. The van der Waals surface area contributed by atoms with Crippen LogP contribution in [-0.4, -0.2) is 44.4 Å². The minimum atomic E-state index is 0.0832. The van der Waals surface area contributed by atoms with E-state index in [1.165, 1.54) is 38.5 Å². The van der Waals surface area contributed by atoms with Crippen molar-refractivity contribution in [2.75, 3.05) is 33.7 Å². The number of carbonyl (C=O) groups is 1. The number of rotatable bonds is 6. The number of nitrogens with zero attached hydrogens (tertiary/aromatic N) is 1. The van der Waals surface area contributed by atoms with Crippen LogP contribution in [0, 0.1) is 23.2 Å². The molecule has 0 aromatic rings. The van der Waals surface area contributed by atoms with Gasteiger partial charge in [-0.15, -0.1) is 0 Å². The summed E-state index contributed by atoms with van der Waals surface area (Å²) in [7, 11) is 4.14. The van der Waals surface area contributed by atoms with E-state index in [0.717, 1.165) is 30.8 Å². The van der Waals surface area contributed by atoms with E-state index in [9.17, 15) is 4.79 Å². The summed E-state index contributed by atoms with van der Waals surface area (Å²) >= 11 is 0. The largest absolute Gasteiger partial charge is 0.309 e. The van der Waals surface area contributed by atoms with Gasteiger partial charge in [0.15, 0.2) is 5.78 Å². The Hall–Kier alpha value is -0.410. The molecule has 0 atom stereocenters. The molecular weight excluding hydrogens is 236 g/mol. The first-order valence-electron chi connectivity index (χ1n) is 7.96. The molecule has 4 rings (SSSR count). The van der Waals surface area contributed by atoms with Gasteiger partial charge in [-0.25, -0.2) is 0 Å². The minimum absolute atomic E-state index is 0.0832. The molecule has 0 saturated heterocycles. The van der Waals surface area contributed by atoms with Crippen molar-refractivity contribution in [1.29, 1.82) is 0 Å². The molecule has 1 N–H and O–H groups in total. The number of ketones is 1. The quantitative estimate of drug-likeness (QED) is 0.744. The maximum atomic E-state index is 12.7. The highest BCUT2D eigenvalue weighted by Gasteiger charge is 2.53. The lowest BCUT2D eigenvalue weighted by Gasteiger charge is -2.56. The topological polar surface area (TPSA) is 32.3 Å². The second-order valence-electron chi connectivity index (χ2n) is 7.60. The van der Waals surface area contributed by atoms with Crippen LogP contribution in [0.1, 0.15) is 38.5 Å². The number of likely N-dealkylation sites (N-methyl/N-ethyl adjacent to an activating group) is 1. The smallest absolute Gasteiger partial charge is 0.152 e. The van der Waals surface area contributed by atoms with Gasteiger partial charge in [-0.1, -0.05) is 0 Å². The Morgan fingerprint density at radius 3 is 2.11 bits per heavy atom. The molecule has 0 radical (unpaired) electrons. The highest BCUT2D eigenvalue weighted by atomic mass is 16.1.